The highest BCUT2D eigenvalue weighted by molar-refractivity contribution is 5.77. The maximum absolute atomic E-state index is 12.7. The first-order valence-electron chi connectivity index (χ1n) is 9.90. The van der Waals surface area contributed by atoms with Crippen LogP contribution in [0.2, 0.25) is 0 Å². The molecule has 1 aromatic rings. The lowest BCUT2D eigenvalue weighted by molar-refractivity contribution is -0.133. The number of hydrogen-bond acceptors (Lipinski definition) is 5. The van der Waals surface area contributed by atoms with E-state index in [2.05, 4.69) is 10.1 Å². The van der Waals surface area contributed by atoms with Gasteiger partial charge in [-0.1, -0.05) is 37.3 Å². The summed E-state index contributed by atoms with van der Waals surface area (Å²) in [5.41, 5.74) is 0. The summed E-state index contributed by atoms with van der Waals surface area (Å²) in [5, 5.41) is 3.85. The van der Waals surface area contributed by atoms with Crippen LogP contribution in [0.25, 0.3) is 0 Å². The molecule has 1 saturated carbocycles. The minimum atomic E-state index is -0.246. The lowest BCUT2D eigenvalue weighted by Gasteiger charge is -2.25. The highest BCUT2D eigenvalue weighted by Gasteiger charge is 2.32. The third-order valence-corrected chi connectivity index (χ3v) is 5.74. The summed E-state index contributed by atoms with van der Waals surface area (Å²) >= 11 is 0. The summed E-state index contributed by atoms with van der Waals surface area (Å²) in [4.78, 5) is 32.7. The number of carbonyl (C=O) groups is 2. The van der Waals surface area contributed by atoms with Gasteiger partial charge in [0.25, 0.3) is 0 Å². The van der Waals surface area contributed by atoms with Crippen molar-refractivity contribution >= 4 is 11.8 Å². The molecule has 2 heterocycles. The number of rotatable bonds is 4. The fraction of sp³-hybridized carbons (Fsp3) is 0.789. The van der Waals surface area contributed by atoms with Crippen LogP contribution in [0.15, 0.2) is 4.52 Å². The smallest absolute Gasteiger partial charge is 0.249 e. The molecule has 7 nitrogen and oxygen atoms in total. The third-order valence-electron chi connectivity index (χ3n) is 5.74. The maximum Gasteiger partial charge on any atom is 0.249 e. The molecule has 1 atom stereocenters. The standard InChI is InChI=1S/C19H30N4O3/c1-14-20-19(26-21-14)17-10-11-22(12-13-23(17)15(2)24)18(25)9-8-16-6-4-3-5-7-16/h16-17H,3-13H2,1-2H3. The van der Waals surface area contributed by atoms with E-state index in [1.54, 1.807) is 18.7 Å². The molecule has 3 rings (SSSR count). The van der Waals surface area contributed by atoms with Crippen LogP contribution in [-0.4, -0.2) is 51.4 Å². The van der Waals surface area contributed by atoms with E-state index < -0.39 is 0 Å². The first-order valence-corrected chi connectivity index (χ1v) is 9.90. The van der Waals surface area contributed by atoms with E-state index in [9.17, 15) is 9.59 Å². The van der Waals surface area contributed by atoms with Crippen molar-refractivity contribution in [3.05, 3.63) is 11.7 Å². The van der Waals surface area contributed by atoms with Gasteiger partial charge in [-0.05, 0) is 25.7 Å². The van der Waals surface area contributed by atoms with Crippen LogP contribution in [0.3, 0.4) is 0 Å². The molecule has 2 fully saturated rings. The predicted molar refractivity (Wildman–Crippen MR) is 96.2 cm³/mol. The molecule has 2 aliphatic rings. The van der Waals surface area contributed by atoms with Crippen molar-refractivity contribution in [2.24, 2.45) is 5.92 Å². The average molecular weight is 362 g/mol. The van der Waals surface area contributed by atoms with Gasteiger partial charge in [0.2, 0.25) is 17.7 Å². The number of hydrogen-bond donors (Lipinski definition) is 0. The van der Waals surface area contributed by atoms with Crippen molar-refractivity contribution in [3.63, 3.8) is 0 Å². The Kier molecular flexibility index (Phi) is 6.27. The molecule has 0 aromatic carbocycles. The zero-order chi connectivity index (χ0) is 18.5. The largest absolute Gasteiger partial charge is 0.341 e. The molecule has 26 heavy (non-hydrogen) atoms. The Morgan fingerprint density at radius 2 is 1.88 bits per heavy atom. The normalized spacial score (nSPS) is 22.3. The average Bonchev–Trinajstić information content (AvgIpc) is 2.94. The first kappa shape index (κ1) is 18.9. The van der Waals surface area contributed by atoms with E-state index in [1.165, 1.54) is 32.1 Å². The fourth-order valence-electron chi connectivity index (χ4n) is 4.22. The molecule has 0 N–H and O–H groups in total. The van der Waals surface area contributed by atoms with Gasteiger partial charge in [-0.3, -0.25) is 9.59 Å². The van der Waals surface area contributed by atoms with E-state index in [-0.39, 0.29) is 17.9 Å². The Bertz CT molecular complexity index is 624. The Hall–Kier alpha value is -1.92. The molecule has 0 spiro atoms. The van der Waals surface area contributed by atoms with Crippen molar-refractivity contribution in [1.82, 2.24) is 19.9 Å². The molecule has 1 aliphatic carbocycles. The summed E-state index contributed by atoms with van der Waals surface area (Å²) in [6, 6.07) is -0.246. The molecule has 2 amide bonds. The second-order valence-electron chi connectivity index (χ2n) is 7.62. The Morgan fingerprint density at radius 1 is 1.12 bits per heavy atom. The van der Waals surface area contributed by atoms with Gasteiger partial charge in [-0.15, -0.1) is 0 Å². The van der Waals surface area contributed by atoms with E-state index in [1.807, 2.05) is 4.90 Å². The highest BCUT2D eigenvalue weighted by Crippen LogP contribution is 2.29. The second kappa shape index (κ2) is 8.64. The summed E-state index contributed by atoms with van der Waals surface area (Å²) in [7, 11) is 0. The Labute approximate surface area is 155 Å². The van der Waals surface area contributed by atoms with Crippen LogP contribution in [0.5, 0.6) is 0 Å². The maximum atomic E-state index is 12.7. The zero-order valence-corrected chi connectivity index (χ0v) is 15.9. The number of aromatic nitrogens is 2. The van der Waals surface area contributed by atoms with E-state index in [0.717, 1.165) is 6.42 Å². The van der Waals surface area contributed by atoms with Crippen molar-refractivity contribution < 1.29 is 14.1 Å². The van der Waals surface area contributed by atoms with Gasteiger partial charge in [0.15, 0.2) is 5.82 Å². The number of nitrogens with zero attached hydrogens (tertiary/aromatic N) is 4. The molecule has 1 saturated heterocycles. The molecular formula is C19H30N4O3. The van der Waals surface area contributed by atoms with E-state index >= 15 is 0 Å². The van der Waals surface area contributed by atoms with Gasteiger partial charge in [-0.25, -0.2) is 0 Å². The molecule has 0 radical (unpaired) electrons. The number of amides is 2. The molecule has 144 valence electrons. The van der Waals surface area contributed by atoms with Gasteiger partial charge in [0.05, 0.1) is 0 Å². The topological polar surface area (TPSA) is 79.5 Å². The van der Waals surface area contributed by atoms with Gasteiger partial charge < -0.3 is 14.3 Å². The first-order chi connectivity index (χ1) is 12.5. The third kappa shape index (κ3) is 4.62. The van der Waals surface area contributed by atoms with Crippen molar-refractivity contribution in [3.8, 4) is 0 Å². The van der Waals surface area contributed by atoms with Crippen LogP contribution in [0, 0.1) is 12.8 Å². The van der Waals surface area contributed by atoms with Crippen molar-refractivity contribution in [1.29, 1.82) is 0 Å². The van der Waals surface area contributed by atoms with E-state index in [0.29, 0.717) is 50.1 Å². The van der Waals surface area contributed by atoms with Crippen LogP contribution >= 0.6 is 0 Å². The molecule has 0 bridgehead atoms. The minimum Gasteiger partial charge on any atom is -0.341 e. The molecule has 1 unspecified atom stereocenters. The quantitative estimate of drug-likeness (QED) is 0.823. The van der Waals surface area contributed by atoms with Crippen molar-refractivity contribution in [2.45, 2.75) is 71.3 Å². The minimum absolute atomic E-state index is 0.0256. The Morgan fingerprint density at radius 3 is 2.54 bits per heavy atom. The van der Waals surface area contributed by atoms with Crippen LogP contribution in [-0.2, 0) is 9.59 Å². The molecule has 1 aromatic heterocycles. The van der Waals surface area contributed by atoms with Crippen LogP contribution < -0.4 is 0 Å². The van der Waals surface area contributed by atoms with Gasteiger partial charge in [-0.2, -0.15) is 4.98 Å². The zero-order valence-electron chi connectivity index (χ0n) is 15.9. The summed E-state index contributed by atoms with van der Waals surface area (Å²) in [5.74, 6) is 1.92. The molecule has 7 heteroatoms. The van der Waals surface area contributed by atoms with Gasteiger partial charge >= 0.3 is 0 Å². The van der Waals surface area contributed by atoms with Crippen LogP contribution in [0.1, 0.15) is 76.0 Å². The Balaban J connectivity index is 1.59. The fourth-order valence-corrected chi connectivity index (χ4v) is 4.22. The lowest BCUT2D eigenvalue weighted by atomic mass is 9.86. The monoisotopic (exact) mass is 362 g/mol. The second-order valence-corrected chi connectivity index (χ2v) is 7.62. The molecule has 1 aliphatic heterocycles. The SMILES string of the molecule is CC(=O)N1CCN(C(=O)CCC2CCCCC2)CCC1c1nc(C)no1. The van der Waals surface area contributed by atoms with Crippen LogP contribution in [0.4, 0.5) is 0 Å². The summed E-state index contributed by atoms with van der Waals surface area (Å²) in [6.07, 6.45) is 8.74. The highest BCUT2D eigenvalue weighted by atomic mass is 16.5. The van der Waals surface area contributed by atoms with Gasteiger partial charge in [0, 0.05) is 33.0 Å². The number of aryl methyl sites for hydroxylation is 1. The molecular weight excluding hydrogens is 332 g/mol. The lowest BCUT2D eigenvalue weighted by Crippen LogP contribution is -2.37. The number of carbonyl (C=O) groups excluding carboxylic acids is 2. The van der Waals surface area contributed by atoms with Crippen molar-refractivity contribution in [2.75, 3.05) is 19.6 Å². The van der Waals surface area contributed by atoms with E-state index in [4.69, 9.17) is 4.52 Å². The summed E-state index contributed by atoms with van der Waals surface area (Å²) < 4.78 is 5.30. The van der Waals surface area contributed by atoms with Gasteiger partial charge in [0.1, 0.15) is 6.04 Å². The predicted octanol–water partition coefficient (Wildman–Crippen LogP) is 2.86. The summed E-state index contributed by atoms with van der Waals surface area (Å²) in [6.45, 7) is 5.03.